The largest absolute Gasteiger partial charge is 0.480 e. The molecule has 0 aromatic carbocycles. The van der Waals surface area contributed by atoms with Gasteiger partial charge in [0.05, 0.1) is 12.6 Å². The number of carboxylic acids is 1. The second-order valence-electron chi connectivity index (χ2n) is 4.60. The van der Waals surface area contributed by atoms with Gasteiger partial charge in [-0.15, -0.1) is 0 Å². The Bertz CT molecular complexity index is 281. The molecule has 18 heavy (non-hydrogen) atoms. The molecule has 0 fully saturated rings. The van der Waals surface area contributed by atoms with Crippen molar-refractivity contribution in [1.82, 2.24) is 10.2 Å². The minimum absolute atomic E-state index is 0.0957. The molecule has 0 aliphatic rings. The highest BCUT2D eigenvalue weighted by molar-refractivity contribution is 5.82. The Morgan fingerprint density at radius 3 is 2.22 bits per heavy atom. The highest BCUT2D eigenvalue weighted by Gasteiger charge is 2.27. The van der Waals surface area contributed by atoms with E-state index in [1.54, 1.807) is 25.9 Å². The van der Waals surface area contributed by atoms with E-state index in [0.717, 1.165) is 0 Å². The van der Waals surface area contributed by atoms with Crippen molar-refractivity contribution >= 4 is 12.0 Å². The van der Waals surface area contributed by atoms with Crippen LogP contribution in [0.5, 0.6) is 0 Å². The van der Waals surface area contributed by atoms with Crippen molar-refractivity contribution in [3.8, 4) is 0 Å². The summed E-state index contributed by atoms with van der Waals surface area (Å²) in [6.07, 6.45) is 0. The van der Waals surface area contributed by atoms with E-state index >= 15 is 0 Å². The standard InChI is InChI=1S/C12H24N2O4/c1-6-14(9(4)7-18-5)12(17)13-10(8(2)3)11(15)16/h8-10H,6-7H2,1-5H3,(H,13,17)(H,15,16). The van der Waals surface area contributed by atoms with Gasteiger partial charge < -0.3 is 20.1 Å². The van der Waals surface area contributed by atoms with Crippen molar-refractivity contribution in [2.75, 3.05) is 20.3 Å². The maximum absolute atomic E-state index is 12.0. The number of aliphatic carboxylic acids is 1. The van der Waals surface area contributed by atoms with Crippen LogP contribution in [0.3, 0.4) is 0 Å². The number of likely N-dealkylation sites (N-methyl/N-ethyl adjacent to an activating group) is 1. The van der Waals surface area contributed by atoms with E-state index in [2.05, 4.69) is 5.32 Å². The monoisotopic (exact) mass is 260 g/mol. The Kier molecular flexibility index (Phi) is 7.35. The molecule has 2 unspecified atom stereocenters. The molecule has 2 amide bonds. The smallest absolute Gasteiger partial charge is 0.326 e. The number of hydrogen-bond acceptors (Lipinski definition) is 3. The minimum atomic E-state index is -1.02. The molecule has 0 bridgehead atoms. The molecule has 6 nitrogen and oxygen atoms in total. The zero-order valence-corrected chi connectivity index (χ0v) is 11.8. The van der Waals surface area contributed by atoms with Crippen molar-refractivity contribution in [2.24, 2.45) is 5.92 Å². The summed E-state index contributed by atoms with van der Waals surface area (Å²) in [5, 5.41) is 11.6. The first-order valence-electron chi connectivity index (χ1n) is 6.13. The van der Waals surface area contributed by atoms with E-state index in [-0.39, 0.29) is 18.0 Å². The molecular formula is C12H24N2O4. The highest BCUT2D eigenvalue weighted by atomic mass is 16.5. The second-order valence-corrected chi connectivity index (χ2v) is 4.60. The van der Waals surface area contributed by atoms with Crippen molar-refractivity contribution in [1.29, 1.82) is 0 Å². The molecule has 0 heterocycles. The number of methoxy groups -OCH3 is 1. The van der Waals surface area contributed by atoms with Crippen LogP contribution in [0, 0.1) is 5.92 Å². The predicted molar refractivity (Wildman–Crippen MR) is 68.5 cm³/mol. The number of nitrogens with one attached hydrogen (secondary N) is 1. The topological polar surface area (TPSA) is 78.9 Å². The van der Waals surface area contributed by atoms with Gasteiger partial charge >= 0.3 is 12.0 Å². The maximum Gasteiger partial charge on any atom is 0.326 e. The van der Waals surface area contributed by atoms with Crippen molar-refractivity contribution in [3.63, 3.8) is 0 Å². The van der Waals surface area contributed by atoms with Crippen LogP contribution < -0.4 is 5.32 Å². The lowest BCUT2D eigenvalue weighted by Gasteiger charge is -2.30. The van der Waals surface area contributed by atoms with E-state index in [0.29, 0.717) is 13.2 Å². The minimum Gasteiger partial charge on any atom is -0.480 e. The van der Waals surface area contributed by atoms with Gasteiger partial charge in [-0.05, 0) is 19.8 Å². The number of ether oxygens (including phenoxy) is 1. The molecule has 2 N–H and O–H groups in total. The van der Waals surface area contributed by atoms with Crippen LogP contribution in [0.25, 0.3) is 0 Å². The first kappa shape index (κ1) is 16.7. The summed E-state index contributed by atoms with van der Waals surface area (Å²) in [5.41, 5.74) is 0. The van der Waals surface area contributed by atoms with Gasteiger partial charge in [0.15, 0.2) is 0 Å². The van der Waals surface area contributed by atoms with Crippen LogP contribution in [0.15, 0.2) is 0 Å². The zero-order chi connectivity index (χ0) is 14.3. The first-order chi connectivity index (χ1) is 8.34. The molecule has 0 saturated carbocycles. The quantitative estimate of drug-likeness (QED) is 0.720. The summed E-state index contributed by atoms with van der Waals surface area (Å²) in [6, 6.07) is -1.34. The lowest BCUT2D eigenvalue weighted by molar-refractivity contribution is -0.140. The Labute approximate surface area is 108 Å². The third kappa shape index (κ3) is 4.91. The summed E-state index contributed by atoms with van der Waals surface area (Å²) >= 11 is 0. The fourth-order valence-electron chi connectivity index (χ4n) is 1.72. The number of carboxylic acid groups (broad SMARTS) is 1. The zero-order valence-electron chi connectivity index (χ0n) is 11.8. The number of rotatable bonds is 7. The third-order valence-corrected chi connectivity index (χ3v) is 2.75. The fraction of sp³-hybridized carbons (Fsp3) is 0.833. The van der Waals surface area contributed by atoms with Gasteiger partial charge in [0.2, 0.25) is 0 Å². The Hall–Kier alpha value is -1.30. The van der Waals surface area contributed by atoms with E-state index in [1.165, 1.54) is 0 Å². The maximum atomic E-state index is 12.0. The molecule has 0 aromatic heterocycles. The van der Waals surface area contributed by atoms with Gasteiger partial charge in [0.1, 0.15) is 6.04 Å². The average molecular weight is 260 g/mol. The van der Waals surface area contributed by atoms with Crippen LogP contribution >= 0.6 is 0 Å². The number of amides is 2. The number of nitrogens with zero attached hydrogens (tertiary/aromatic N) is 1. The van der Waals surface area contributed by atoms with Crippen LogP contribution in [0.1, 0.15) is 27.7 Å². The molecule has 0 aliphatic carbocycles. The number of carbonyl (C=O) groups excluding carboxylic acids is 1. The molecule has 0 saturated heterocycles. The van der Waals surface area contributed by atoms with E-state index < -0.39 is 12.0 Å². The summed E-state index contributed by atoms with van der Waals surface area (Å²) in [6.45, 7) is 8.14. The normalized spacial score (nSPS) is 14.1. The lowest BCUT2D eigenvalue weighted by atomic mass is 10.1. The van der Waals surface area contributed by atoms with Gasteiger partial charge in [-0.2, -0.15) is 0 Å². The molecule has 0 radical (unpaired) electrons. The summed E-state index contributed by atoms with van der Waals surface area (Å²) in [7, 11) is 1.57. The van der Waals surface area contributed by atoms with Gasteiger partial charge in [-0.1, -0.05) is 13.8 Å². The van der Waals surface area contributed by atoms with Crippen LogP contribution in [0.2, 0.25) is 0 Å². The van der Waals surface area contributed by atoms with E-state index in [4.69, 9.17) is 9.84 Å². The predicted octanol–water partition coefficient (Wildman–Crippen LogP) is 1.16. The van der Waals surface area contributed by atoms with E-state index in [9.17, 15) is 9.59 Å². The fourth-order valence-corrected chi connectivity index (χ4v) is 1.72. The number of hydrogen-bond donors (Lipinski definition) is 2. The summed E-state index contributed by atoms with van der Waals surface area (Å²) in [5.74, 6) is -1.18. The molecular weight excluding hydrogens is 236 g/mol. The first-order valence-corrected chi connectivity index (χ1v) is 6.13. The van der Waals surface area contributed by atoms with E-state index in [1.807, 2.05) is 13.8 Å². The molecule has 0 aromatic rings. The molecule has 6 heteroatoms. The lowest BCUT2D eigenvalue weighted by Crippen LogP contribution is -2.53. The Balaban J connectivity index is 4.64. The molecule has 0 rings (SSSR count). The summed E-state index contributed by atoms with van der Waals surface area (Å²) < 4.78 is 5.00. The third-order valence-electron chi connectivity index (χ3n) is 2.75. The van der Waals surface area contributed by atoms with Gasteiger partial charge in [0.25, 0.3) is 0 Å². The molecule has 0 spiro atoms. The van der Waals surface area contributed by atoms with Gasteiger partial charge in [0, 0.05) is 13.7 Å². The molecule has 2 atom stereocenters. The summed E-state index contributed by atoms with van der Waals surface area (Å²) in [4.78, 5) is 24.6. The average Bonchev–Trinajstić information content (AvgIpc) is 2.26. The van der Waals surface area contributed by atoms with Crippen molar-refractivity contribution in [3.05, 3.63) is 0 Å². The van der Waals surface area contributed by atoms with Gasteiger partial charge in [-0.3, -0.25) is 0 Å². The SMILES string of the molecule is CCN(C(=O)NC(C(=O)O)C(C)C)C(C)COC. The number of urea groups is 1. The van der Waals surface area contributed by atoms with Crippen LogP contribution in [0.4, 0.5) is 4.79 Å². The van der Waals surface area contributed by atoms with Crippen LogP contribution in [-0.2, 0) is 9.53 Å². The van der Waals surface area contributed by atoms with Crippen molar-refractivity contribution in [2.45, 2.75) is 39.8 Å². The highest BCUT2D eigenvalue weighted by Crippen LogP contribution is 2.05. The van der Waals surface area contributed by atoms with Gasteiger partial charge in [-0.25, -0.2) is 9.59 Å². The molecule has 106 valence electrons. The van der Waals surface area contributed by atoms with Crippen molar-refractivity contribution < 1.29 is 19.4 Å². The number of carbonyl (C=O) groups is 2. The molecule has 0 aliphatic heterocycles. The Morgan fingerprint density at radius 1 is 1.33 bits per heavy atom. The van der Waals surface area contributed by atoms with Crippen LogP contribution in [-0.4, -0.2) is 54.4 Å². The Morgan fingerprint density at radius 2 is 1.89 bits per heavy atom. The second kappa shape index (κ2) is 7.92.